The summed E-state index contributed by atoms with van der Waals surface area (Å²) in [4.78, 5) is 0. The predicted molar refractivity (Wildman–Crippen MR) is 216 cm³/mol. The summed E-state index contributed by atoms with van der Waals surface area (Å²) in [6, 6.07) is 73.4. The van der Waals surface area contributed by atoms with Gasteiger partial charge in [-0.3, -0.25) is 0 Å². The van der Waals surface area contributed by atoms with Gasteiger partial charge in [-0.1, -0.05) is 212 Å². The van der Waals surface area contributed by atoms with Crippen LogP contribution in [0, 0.1) is 0 Å². The molecule has 0 spiro atoms. The van der Waals surface area contributed by atoms with Gasteiger partial charge < -0.3 is 16.5 Å². The number of hydrogen-bond acceptors (Lipinski definition) is 4. The third-order valence-electron chi connectivity index (χ3n) is 9.47. The largest absolute Gasteiger partial charge is 0.405 e. The smallest absolute Gasteiger partial charge is 0.390 e. The first kappa shape index (κ1) is 33.4. The molecular formula is C43H38O4Si4. The van der Waals surface area contributed by atoms with E-state index in [1.807, 2.05) is 42.5 Å². The zero-order valence-electron chi connectivity index (χ0n) is 28.3. The van der Waals surface area contributed by atoms with Gasteiger partial charge in [-0.25, -0.2) is 0 Å². The molecule has 1 heterocycles. The van der Waals surface area contributed by atoms with Gasteiger partial charge in [0.1, 0.15) is 0 Å². The lowest BCUT2D eigenvalue weighted by molar-refractivity contribution is 0.264. The minimum atomic E-state index is -3.79. The van der Waals surface area contributed by atoms with E-state index in [4.69, 9.17) is 16.5 Å². The Morgan fingerprint density at radius 2 is 0.412 bits per heavy atom. The van der Waals surface area contributed by atoms with Gasteiger partial charge in [-0.2, -0.15) is 0 Å². The summed E-state index contributed by atoms with van der Waals surface area (Å²) < 4.78 is 32.6. The summed E-state index contributed by atoms with van der Waals surface area (Å²) in [6.45, 7) is 2.18. The standard InChI is InChI=1S/C43H38O4Si4/c1-48(37-23-9-2-10-24-37)44-49(38-25-11-3-12-26-38,39-27-13-4-14-28-39)46-51(42-33-19-7-20-34-42,43-35-21-8-22-36-43)47-50(45-48,40-29-15-5-16-30-40)41-31-17-6-18-32-41/h2-36H,1H3. The van der Waals surface area contributed by atoms with Crippen molar-refractivity contribution in [2.45, 2.75) is 6.55 Å². The van der Waals surface area contributed by atoms with Crippen LogP contribution in [0.25, 0.3) is 0 Å². The molecule has 51 heavy (non-hydrogen) atoms. The normalized spacial score (nSPS) is 17.4. The third-order valence-corrected chi connectivity index (χ3v) is 27.4. The summed E-state index contributed by atoms with van der Waals surface area (Å²) in [5.74, 6) is 0. The van der Waals surface area contributed by atoms with Crippen LogP contribution in [0.15, 0.2) is 212 Å². The Labute approximate surface area is 304 Å². The van der Waals surface area contributed by atoms with Crippen molar-refractivity contribution in [1.82, 2.24) is 0 Å². The van der Waals surface area contributed by atoms with E-state index in [0.29, 0.717) is 0 Å². The van der Waals surface area contributed by atoms with E-state index in [1.165, 1.54) is 0 Å². The molecule has 7 aromatic carbocycles. The lowest BCUT2D eigenvalue weighted by Crippen LogP contribution is -2.86. The van der Waals surface area contributed by atoms with Crippen LogP contribution in [-0.4, -0.2) is 34.2 Å². The second-order valence-corrected chi connectivity index (χ2v) is 25.7. The molecule has 1 aliphatic rings. The first-order valence-electron chi connectivity index (χ1n) is 17.3. The molecular weight excluding hydrogens is 693 g/mol. The Kier molecular flexibility index (Phi) is 9.24. The fourth-order valence-electron chi connectivity index (χ4n) is 7.05. The third kappa shape index (κ3) is 6.16. The summed E-state index contributed by atoms with van der Waals surface area (Å²) in [5.41, 5.74) is 0. The Morgan fingerprint density at radius 1 is 0.235 bits per heavy atom. The zero-order chi connectivity index (χ0) is 34.6. The molecule has 0 amide bonds. The molecule has 250 valence electrons. The van der Waals surface area contributed by atoms with Crippen LogP contribution in [-0.2, 0) is 16.5 Å². The summed E-state index contributed by atoms with van der Waals surface area (Å²) >= 11 is 0. The molecule has 0 N–H and O–H groups in total. The highest BCUT2D eigenvalue weighted by Crippen LogP contribution is 2.32. The highest BCUT2D eigenvalue weighted by Gasteiger charge is 2.66. The minimum Gasteiger partial charge on any atom is -0.405 e. The van der Waals surface area contributed by atoms with Crippen molar-refractivity contribution in [1.29, 1.82) is 0 Å². The van der Waals surface area contributed by atoms with Crippen molar-refractivity contribution in [3.63, 3.8) is 0 Å². The molecule has 1 saturated heterocycles. The van der Waals surface area contributed by atoms with Crippen LogP contribution >= 0.6 is 0 Å². The van der Waals surface area contributed by atoms with Gasteiger partial charge in [-0.15, -0.1) is 0 Å². The molecule has 8 heteroatoms. The van der Waals surface area contributed by atoms with E-state index in [2.05, 4.69) is 176 Å². The maximum absolute atomic E-state index is 8.25. The highest BCUT2D eigenvalue weighted by atomic mass is 28.5. The molecule has 0 saturated carbocycles. The van der Waals surface area contributed by atoms with Gasteiger partial charge >= 0.3 is 34.2 Å². The summed E-state index contributed by atoms with van der Waals surface area (Å²) in [7, 11) is -14.7. The number of benzene rings is 7. The second-order valence-electron chi connectivity index (χ2n) is 12.8. The van der Waals surface area contributed by atoms with Crippen molar-refractivity contribution in [2.75, 3.05) is 0 Å². The van der Waals surface area contributed by atoms with Gasteiger partial charge in [0.15, 0.2) is 0 Å². The maximum Gasteiger partial charge on any atom is 0.390 e. The first-order chi connectivity index (χ1) is 25.1. The molecule has 4 nitrogen and oxygen atoms in total. The molecule has 0 unspecified atom stereocenters. The second kappa shape index (κ2) is 14.1. The van der Waals surface area contributed by atoms with E-state index in [1.54, 1.807) is 0 Å². The van der Waals surface area contributed by atoms with Crippen LogP contribution in [0.1, 0.15) is 0 Å². The molecule has 0 aromatic heterocycles. The van der Waals surface area contributed by atoms with Crippen LogP contribution < -0.4 is 36.3 Å². The van der Waals surface area contributed by atoms with Crippen molar-refractivity contribution in [3.05, 3.63) is 212 Å². The SMILES string of the molecule is C[Si]1(c2ccccc2)O[Si](c2ccccc2)(c2ccccc2)O[Si](c2ccccc2)(c2ccccc2)O[Si](c2ccccc2)(c2ccccc2)O1. The lowest BCUT2D eigenvalue weighted by Gasteiger charge is -2.53. The minimum absolute atomic E-state index is 0.987. The lowest BCUT2D eigenvalue weighted by atomic mass is 10.4. The number of hydrogen-bond donors (Lipinski definition) is 0. The average Bonchev–Trinajstić information content (AvgIpc) is 3.21. The molecule has 8 rings (SSSR count). The van der Waals surface area contributed by atoms with E-state index in [0.717, 1.165) is 36.3 Å². The quantitative estimate of drug-likeness (QED) is 0.221. The molecule has 0 bridgehead atoms. The van der Waals surface area contributed by atoms with Crippen molar-refractivity contribution < 1.29 is 16.5 Å². The Hall–Kier alpha value is -4.75. The Morgan fingerprint density at radius 3 is 0.627 bits per heavy atom. The van der Waals surface area contributed by atoms with Crippen LogP contribution in [0.3, 0.4) is 0 Å². The van der Waals surface area contributed by atoms with Crippen LogP contribution in [0.5, 0.6) is 0 Å². The Bertz CT molecular complexity index is 1950. The number of rotatable bonds is 7. The topological polar surface area (TPSA) is 36.9 Å². The van der Waals surface area contributed by atoms with E-state index in [9.17, 15) is 0 Å². The van der Waals surface area contributed by atoms with E-state index < -0.39 is 34.2 Å². The molecule has 0 atom stereocenters. The van der Waals surface area contributed by atoms with Crippen LogP contribution in [0.4, 0.5) is 0 Å². The van der Waals surface area contributed by atoms with Crippen molar-refractivity contribution >= 4 is 70.6 Å². The van der Waals surface area contributed by atoms with Gasteiger partial charge in [0.25, 0.3) is 0 Å². The van der Waals surface area contributed by atoms with Crippen molar-refractivity contribution in [2.24, 2.45) is 0 Å². The highest BCUT2D eigenvalue weighted by molar-refractivity contribution is 7.14. The molecule has 7 aromatic rings. The fourth-order valence-corrected chi connectivity index (χ4v) is 29.0. The van der Waals surface area contributed by atoms with E-state index >= 15 is 0 Å². The van der Waals surface area contributed by atoms with E-state index in [-0.39, 0.29) is 0 Å². The molecule has 1 fully saturated rings. The van der Waals surface area contributed by atoms with Gasteiger partial charge in [-0.05, 0) is 42.9 Å². The van der Waals surface area contributed by atoms with Gasteiger partial charge in [0.05, 0.1) is 0 Å². The summed E-state index contributed by atoms with van der Waals surface area (Å²) in [5, 5.41) is 6.97. The summed E-state index contributed by atoms with van der Waals surface area (Å²) in [6.07, 6.45) is 0. The molecule has 0 aliphatic carbocycles. The zero-order valence-corrected chi connectivity index (χ0v) is 32.3. The van der Waals surface area contributed by atoms with Gasteiger partial charge in [0, 0.05) is 0 Å². The molecule has 1 aliphatic heterocycles. The van der Waals surface area contributed by atoms with Gasteiger partial charge in [0.2, 0.25) is 0 Å². The predicted octanol–water partition coefficient (Wildman–Crippen LogP) is 4.82. The maximum atomic E-state index is 8.25. The molecule has 0 radical (unpaired) electrons. The van der Waals surface area contributed by atoms with Crippen molar-refractivity contribution in [3.8, 4) is 0 Å². The van der Waals surface area contributed by atoms with Crippen LogP contribution in [0.2, 0.25) is 6.55 Å². The Balaban J connectivity index is 1.54. The average molecular weight is 731 g/mol. The fraction of sp³-hybridized carbons (Fsp3) is 0.0233. The first-order valence-corrected chi connectivity index (χ1v) is 25.0. The monoisotopic (exact) mass is 730 g/mol.